The van der Waals surface area contributed by atoms with Gasteiger partial charge in [-0.1, -0.05) is 54.6 Å². The van der Waals surface area contributed by atoms with Gasteiger partial charge in [0.15, 0.2) is 5.78 Å². The van der Waals surface area contributed by atoms with E-state index < -0.39 is 23.8 Å². The summed E-state index contributed by atoms with van der Waals surface area (Å²) in [6, 6.07) is 17.5. The first-order valence-corrected chi connectivity index (χ1v) is 17.6. The number of nitrogens with one attached hydrogen (secondary N) is 3. The fourth-order valence-electron chi connectivity index (χ4n) is 5.01. The fourth-order valence-corrected chi connectivity index (χ4v) is 5.01. The summed E-state index contributed by atoms with van der Waals surface area (Å²) in [6.45, 7) is 1.38. The van der Waals surface area contributed by atoms with E-state index in [4.69, 9.17) is 23.8 Å². The number of Topliss-reactive ketones (excluding diaryl/α,β-unsaturated/α-hetero) is 1. The van der Waals surface area contributed by atoms with Gasteiger partial charge in [-0.25, -0.2) is 4.79 Å². The van der Waals surface area contributed by atoms with Crippen LogP contribution in [0.5, 0.6) is 0 Å². The van der Waals surface area contributed by atoms with Crippen LogP contribution in [0, 0.1) is 0 Å². The summed E-state index contributed by atoms with van der Waals surface area (Å²) in [6.07, 6.45) is 5.83. The largest absolute Gasteiger partial charge is 0.382 e. The highest BCUT2D eigenvalue weighted by Gasteiger charge is 2.21. The molecule has 0 bridgehead atoms. The lowest BCUT2D eigenvalue weighted by molar-refractivity contribution is -0.158. The molecule has 2 aromatic rings. The number of rotatable bonds is 28. The normalized spacial score (nSPS) is 11.4. The Labute approximate surface area is 301 Å². The van der Waals surface area contributed by atoms with E-state index in [9.17, 15) is 24.0 Å². The molecule has 0 aliphatic heterocycles. The van der Waals surface area contributed by atoms with Crippen molar-refractivity contribution < 1.29 is 47.8 Å². The summed E-state index contributed by atoms with van der Waals surface area (Å²) in [7, 11) is 3.07. The van der Waals surface area contributed by atoms with Crippen LogP contribution >= 0.6 is 0 Å². The highest BCUT2D eigenvalue weighted by Crippen LogP contribution is 2.12. The van der Waals surface area contributed by atoms with Crippen molar-refractivity contribution in [1.29, 1.82) is 0 Å². The van der Waals surface area contributed by atoms with Crippen molar-refractivity contribution in [3.63, 3.8) is 0 Å². The molecule has 13 nitrogen and oxygen atoms in total. The van der Waals surface area contributed by atoms with Crippen molar-refractivity contribution in [2.24, 2.45) is 0 Å². The highest BCUT2D eigenvalue weighted by atomic mass is 16.7. The molecule has 0 aliphatic rings. The maximum absolute atomic E-state index is 13.0. The maximum atomic E-state index is 13.0. The van der Waals surface area contributed by atoms with Crippen LogP contribution < -0.4 is 16.1 Å². The summed E-state index contributed by atoms with van der Waals surface area (Å²) in [4.78, 5) is 66.8. The second-order valence-corrected chi connectivity index (χ2v) is 12.1. The van der Waals surface area contributed by atoms with Crippen molar-refractivity contribution in [2.45, 2.75) is 76.7 Å². The topological polar surface area (TPSA) is 168 Å². The van der Waals surface area contributed by atoms with E-state index in [1.165, 1.54) is 18.2 Å². The number of aryl methyl sites for hydroxylation is 2. The van der Waals surface area contributed by atoms with Gasteiger partial charge in [-0.2, -0.15) is 5.48 Å². The molecule has 282 valence electrons. The van der Waals surface area contributed by atoms with E-state index in [-0.39, 0.29) is 57.2 Å². The van der Waals surface area contributed by atoms with E-state index in [1.807, 2.05) is 30.3 Å². The molecule has 0 spiro atoms. The number of ketones is 1. The number of carbonyl (C=O) groups excluding carboxylic acids is 5. The molecule has 0 radical (unpaired) electrons. The molecular weight excluding hydrogens is 658 g/mol. The SMILES string of the molecule is COCCOCC(=O)NCCCC[C@H](NC(=O)COCCOC)C(=O)CCCC(=O)ONC(=O)Cc1ccc(CCCCc2ccccc2)cc1. The Balaban J connectivity index is 1.67. The standard InChI is InChI=1S/C38H55N3O10/c1-47-23-25-49-28-36(44)39-22-9-8-15-33(40-37(45)29-50-26-24-48-2)34(42)16-10-17-38(46)51-41-35(43)27-32-20-18-31(19-21-32)14-7-6-13-30-11-4-3-5-12-30/h3-5,11-12,18-21,33H,6-10,13-17,22-29H2,1-2H3,(H,39,44)(H,40,45)(H,41,43)/t33-/m0/s1. The smallest absolute Gasteiger partial charge is 0.332 e. The lowest BCUT2D eigenvalue weighted by Crippen LogP contribution is -2.42. The molecule has 3 N–H and O–H groups in total. The van der Waals surface area contributed by atoms with Crippen LogP contribution in [-0.2, 0) is 67.0 Å². The number of hydroxylamine groups is 1. The van der Waals surface area contributed by atoms with E-state index in [2.05, 4.69) is 40.4 Å². The highest BCUT2D eigenvalue weighted by molar-refractivity contribution is 5.89. The first-order chi connectivity index (χ1) is 24.8. The van der Waals surface area contributed by atoms with E-state index in [0.29, 0.717) is 45.6 Å². The lowest BCUT2D eigenvalue weighted by Gasteiger charge is -2.18. The van der Waals surface area contributed by atoms with Gasteiger partial charge < -0.3 is 34.4 Å². The molecule has 0 fully saturated rings. The summed E-state index contributed by atoms with van der Waals surface area (Å²) in [5, 5.41) is 5.46. The summed E-state index contributed by atoms with van der Waals surface area (Å²) >= 11 is 0. The van der Waals surface area contributed by atoms with Crippen molar-refractivity contribution in [3.8, 4) is 0 Å². The number of hydrogen-bond acceptors (Lipinski definition) is 10. The molecular formula is C38H55N3O10. The molecule has 0 unspecified atom stereocenters. The molecule has 51 heavy (non-hydrogen) atoms. The van der Waals surface area contributed by atoms with Gasteiger partial charge in [0.25, 0.3) is 5.91 Å². The van der Waals surface area contributed by atoms with Crippen molar-refractivity contribution in [2.75, 3.05) is 60.4 Å². The quantitative estimate of drug-likeness (QED) is 0.0880. The van der Waals surface area contributed by atoms with Gasteiger partial charge in [0.2, 0.25) is 11.8 Å². The number of ether oxygens (including phenoxy) is 4. The van der Waals surface area contributed by atoms with E-state index in [0.717, 1.165) is 31.2 Å². The molecule has 13 heteroatoms. The maximum Gasteiger partial charge on any atom is 0.332 e. The number of hydrogen-bond donors (Lipinski definition) is 3. The zero-order valence-electron chi connectivity index (χ0n) is 30.1. The Bertz CT molecular complexity index is 1290. The average Bonchev–Trinajstić information content (AvgIpc) is 3.13. The minimum atomic E-state index is -0.784. The second kappa shape index (κ2) is 27.5. The predicted octanol–water partition coefficient (Wildman–Crippen LogP) is 3.21. The van der Waals surface area contributed by atoms with Crippen LogP contribution in [0.25, 0.3) is 0 Å². The van der Waals surface area contributed by atoms with Gasteiger partial charge in [0, 0.05) is 33.6 Å². The molecule has 0 aromatic heterocycles. The number of methoxy groups -OCH3 is 2. The summed E-state index contributed by atoms with van der Waals surface area (Å²) in [5.41, 5.74) is 5.53. The van der Waals surface area contributed by atoms with Gasteiger partial charge in [-0.05, 0) is 68.1 Å². The molecule has 0 aliphatic carbocycles. The van der Waals surface area contributed by atoms with Gasteiger partial charge in [0.1, 0.15) is 13.2 Å². The number of carbonyl (C=O) groups is 5. The minimum absolute atomic E-state index is 0.0205. The predicted molar refractivity (Wildman–Crippen MR) is 191 cm³/mol. The Morgan fingerprint density at radius 2 is 1.24 bits per heavy atom. The van der Waals surface area contributed by atoms with Crippen LogP contribution in [0.15, 0.2) is 54.6 Å². The van der Waals surface area contributed by atoms with Crippen molar-refractivity contribution in [3.05, 3.63) is 71.3 Å². The van der Waals surface area contributed by atoms with Gasteiger partial charge >= 0.3 is 5.97 Å². The van der Waals surface area contributed by atoms with Crippen LogP contribution in [0.2, 0.25) is 0 Å². The first-order valence-electron chi connectivity index (χ1n) is 17.6. The second-order valence-electron chi connectivity index (χ2n) is 12.1. The average molecular weight is 714 g/mol. The Hall–Kier alpha value is -4.17. The van der Waals surface area contributed by atoms with Crippen LogP contribution in [-0.4, -0.2) is 95.9 Å². The van der Waals surface area contributed by atoms with E-state index >= 15 is 0 Å². The van der Waals surface area contributed by atoms with Crippen molar-refractivity contribution in [1.82, 2.24) is 16.1 Å². The fraction of sp³-hybridized carbons (Fsp3) is 0.553. The van der Waals surface area contributed by atoms with Gasteiger partial charge in [0.05, 0.1) is 38.9 Å². The first kappa shape index (κ1) is 43.0. The molecule has 0 saturated heterocycles. The van der Waals surface area contributed by atoms with Crippen LogP contribution in [0.4, 0.5) is 0 Å². The third kappa shape index (κ3) is 21.6. The number of benzene rings is 2. The third-order valence-corrected chi connectivity index (χ3v) is 7.79. The molecule has 3 amide bonds. The summed E-state index contributed by atoms with van der Waals surface area (Å²) < 4.78 is 20.2. The van der Waals surface area contributed by atoms with Gasteiger partial charge in [-0.3, -0.25) is 19.2 Å². The monoisotopic (exact) mass is 713 g/mol. The van der Waals surface area contributed by atoms with Crippen LogP contribution in [0.3, 0.4) is 0 Å². The van der Waals surface area contributed by atoms with E-state index in [1.54, 1.807) is 7.11 Å². The van der Waals surface area contributed by atoms with Crippen molar-refractivity contribution >= 4 is 29.5 Å². The number of amides is 3. The van der Waals surface area contributed by atoms with Crippen LogP contribution in [0.1, 0.15) is 68.1 Å². The molecule has 2 rings (SSSR count). The molecule has 2 aromatic carbocycles. The Morgan fingerprint density at radius 1 is 0.627 bits per heavy atom. The van der Waals surface area contributed by atoms with Gasteiger partial charge in [-0.15, -0.1) is 0 Å². The zero-order chi connectivity index (χ0) is 36.9. The zero-order valence-corrected chi connectivity index (χ0v) is 30.1. The Kier molecular flexibility index (Phi) is 23.2. The Morgan fingerprint density at radius 3 is 1.88 bits per heavy atom. The lowest BCUT2D eigenvalue weighted by atomic mass is 10.0. The third-order valence-electron chi connectivity index (χ3n) is 7.79. The molecule has 0 heterocycles. The molecule has 1 atom stereocenters. The minimum Gasteiger partial charge on any atom is -0.382 e. The number of unbranched alkanes of at least 4 members (excludes halogenated alkanes) is 2. The molecule has 0 saturated carbocycles. The summed E-state index contributed by atoms with van der Waals surface area (Å²) in [5.74, 6) is -2.07.